The fourth-order valence-electron chi connectivity index (χ4n) is 2.01. The lowest BCUT2D eigenvalue weighted by Crippen LogP contribution is -2.63. The summed E-state index contributed by atoms with van der Waals surface area (Å²) in [4.78, 5) is 23.9. The molecule has 1 heterocycles. The van der Waals surface area contributed by atoms with E-state index in [0.29, 0.717) is 6.54 Å². The van der Waals surface area contributed by atoms with Gasteiger partial charge < -0.3 is 10.0 Å². The molecule has 0 radical (unpaired) electrons. The van der Waals surface area contributed by atoms with Gasteiger partial charge in [-0.25, -0.2) is 8.42 Å². The first-order valence-corrected chi connectivity index (χ1v) is 7.18. The third-order valence-electron chi connectivity index (χ3n) is 3.04. The maximum absolute atomic E-state index is 12.0. The van der Waals surface area contributed by atoms with E-state index in [1.165, 1.54) is 18.7 Å². The number of rotatable bonds is 4. The van der Waals surface area contributed by atoms with Gasteiger partial charge in [0.1, 0.15) is 5.54 Å². The van der Waals surface area contributed by atoms with Crippen molar-refractivity contribution in [1.82, 2.24) is 9.21 Å². The zero-order valence-electron chi connectivity index (χ0n) is 10.7. The third kappa shape index (κ3) is 2.81. The molecular formula is C10H18N2O5S. The van der Waals surface area contributed by atoms with E-state index in [2.05, 4.69) is 0 Å². The number of carbonyl (C=O) groups excluding carboxylic acids is 1. The quantitative estimate of drug-likeness (QED) is 0.737. The number of aliphatic carboxylic acids is 1. The molecule has 1 rings (SSSR count). The molecule has 1 aliphatic heterocycles. The normalized spacial score (nSPS) is 21.1. The van der Waals surface area contributed by atoms with E-state index < -0.39 is 33.7 Å². The Labute approximate surface area is 106 Å². The van der Waals surface area contributed by atoms with Gasteiger partial charge in [0, 0.05) is 20.1 Å². The number of carboxylic acid groups (broad SMARTS) is 1. The SMILES string of the molecule is CN1CCN(S(=O)(=O)CCC(=O)O)C(C)(C)C1=O. The summed E-state index contributed by atoms with van der Waals surface area (Å²) in [7, 11) is -2.12. The average Bonchev–Trinajstić information content (AvgIpc) is 2.23. The zero-order valence-corrected chi connectivity index (χ0v) is 11.5. The Hall–Kier alpha value is -1.15. The van der Waals surface area contributed by atoms with E-state index in [0.717, 1.165) is 4.31 Å². The minimum atomic E-state index is -3.74. The lowest BCUT2D eigenvalue weighted by Gasteiger charge is -2.43. The van der Waals surface area contributed by atoms with Crippen LogP contribution in [0.15, 0.2) is 0 Å². The molecular weight excluding hydrogens is 260 g/mol. The second-order valence-corrected chi connectivity index (χ2v) is 6.83. The number of sulfonamides is 1. The molecule has 0 unspecified atom stereocenters. The summed E-state index contributed by atoms with van der Waals surface area (Å²) in [6.45, 7) is 3.57. The van der Waals surface area contributed by atoms with E-state index in [1.807, 2.05) is 0 Å². The van der Waals surface area contributed by atoms with E-state index in [1.54, 1.807) is 7.05 Å². The number of carboxylic acids is 1. The Morgan fingerprint density at radius 2 is 1.94 bits per heavy atom. The van der Waals surface area contributed by atoms with Gasteiger partial charge in [-0.05, 0) is 13.8 Å². The summed E-state index contributed by atoms with van der Waals surface area (Å²) in [6.07, 6.45) is -0.459. The van der Waals surface area contributed by atoms with Crippen LogP contribution in [0.3, 0.4) is 0 Å². The Morgan fingerprint density at radius 3 is 2.44 bits per heavy atom. The van der Waals surface area contributed by atoms with Crippen molar-refractivity contribution in [2.75, 3.05) is 25.9 Å². The van der Waals surface area contributed by atoms with Crippen molar-refractivity contribution < 1.29 is 23.1 Å². The Bertz CT molecular complexity index is 457. The molecule has 0 aromatic carbocycles. The van der Waals surface area contributed by atoms with Crippen LogP contribution in [0, 0.1) is 0 Å². The lowest BCUT2D eigenvalue weighted by molar-refractivity contribution is -0.142. The zero-order chi connectivity index (χ0) is 14.1. The van der Waals surface area contributed by atoms with Gasteiger partial charge in [-0.2, -0.15) is 4.31 Å². The standard InChI is InChI=1S/C10H18N2O5S/c1-10(2)9(15)11(3)5-6-12(10)18(16,17)7-4-8(13)14/h4-7H2,1-3H3,(H,13,14). The van der Waals surface area contributed by atoms with Crippen LogP contribution in [0.25, 0.3) is 0 Å². The van der Waals surface area contributed by atoms with Crippen LogP contribution in [0.1, 0.15) is 20.3 Å². The first-order chi connectivity index (χ1) is 8.09. The van der Waals surface area contributed by atoms with Gasteiger partial charge >= 0.3 is 5.97 Å². The summed E-state index contributed by atoms with van der Waals surface area (Å²) < 4.78 is 25.2. The molecule has 0 atom stereocenters. The number of likely N-dealkylation sites (N-methyl/N-ethyl adjacent to an activating group) is 1. The van der Waals surface area contributed by atoms with Crippen LogP contribution in [0.2, 0.25) is 0 Å². The second-order valence-electron chi connectivity index (χ2n) is 4.82. The molecule has 7 nitrogen and oxygen atoms in total. The maximum Gasteiger partial charge on any atom is 0.304 e. The molecule has 0 bridgehead atoms. The summed E-state index contributed by atoms with van der Waals surface area (Å²) >= 11 is 0. The smallest absolute Gasteiger partial charge is 0.304 e. The highest BCUT2D eigenvalue weighted by molar-refractivity contribution is 7.89. The van der Waals surface area contributed by atoms with Crippen LogP contribution in [0.5, 0.6) is 0 Å². The van der Waals surface area contributed by atoms with Crippen molar-refractivity contribution in [2.45, 2.75) is 25.8 Å². The monoisotopic (exact) mass is 278 g/mol. The van der Waals surface area contributed by atoms with Crippen molar-refractivity contribution in [1.29, 1.82) is 0 Å². The molecule has 0 aromatic heterocycles. The van der Waals surface area contributed by atoms with Crippen LogP contribution < -0.4 is 0 Å². The highest BCUT2D eigenvalue weighted by Crippen LogP contribution is 2.25. The fraction of sp³-hybridized carbons (Fsp3) is 0.800. The number of hydrogen-bond acceptors (Lipinski definition) is 4. The van der Waals surface area contributed by atoms with Crippen LogP contribution in [0.4, 0.5) is 0 Å². The second kappa shape index (κ2) is 4.85. The number of piperazine rings is 1. The van der Waals surface area contributed by atoms with Gasteiger partial charge in [0.2, 0.25) is 15.9 Å². The molecule has 0 saturated carbocycles. The first-order valence-electron chi connectivity index (χ1n) is 5.57. The molecule has 1 saturated heterocycles. The lowest BCUT2D eigenvalue weighted by atomic mass is 10.0. The number of hydrogen-bond donors (Lipinski definition) is 1. The molecule has 0 spiro atoms. The number of carbonyl (C=O) groups is 2. The summed E-state index contributed by atoms with van der Waals surface area (Å²) in [6, 6.07) is 0. The van der Waals surface area contributed by atoms with Gasteiger partial charge in [0.25, 0.3) is 0 Å². The Kier molecular flexibility index (Phi) is 4.02. The highest BCUT2D eigenvalue weighted by atomic mass is 32.2. The molecule has 8 heteroatoms. The van der Waals surface area contributed by atoms with Crippen molar-refractivity contribution in [3.63, 3.8) is 0 Å². The largest absolute Gasteiger partial charge is 0.481 e. The highest BCUT2D eigenvalue weighted by Gasteiger charge is 2.46. The summed E-state index contributed by atoms with van der Waals surface area (Å²) in [5.41, 5.74) is -1.16. The molecule has 1 N–H and O–H groups in total. The van der Waals surface area contributed by atoms with E-state index >= 15 is 0 Å². The molecule has 0 aliphatic carbocycles. The average molecular weight is 278 g/mol. The van der Waals surface area contributed by atoms with Crippen molar-refractivity contribution >= 4 is 21.9 Å². The van der Waals surface area contributed by atoms with E-state index in [4.69, 9.17) is 5.11 Å². The van der Waals surface area contributed by atoms with Crippen LogP contribution in [-0.2, 0) is 19.6 Å². The van der Waals surface area contributed by atoms with Gasteiger partial charge in [-0.15, -0.1) is 0 Å². The predicted octanol–water partition coefficient (Wildman–Crippen LogP) is -0.656. The number of nitrogens with zero attached hydrogens (tertiary/aromatic N) is 2. The molecule has 104 valence electrons. The fourth-order valence-corrected chi connectivity index (χ4v) is 3.80. The van der Waals surface area contributed by atoms with Crippen LogP contribution in [-0.4, -0.2) is 66.0 Å². The van der Waals surface area contributed by atoms with Crippen molar-refractivity contribution in [2.24, 2.45) is 0 Å². The molecule has 1 aliphatic rings. The van der Waals surface area contributed by atoms with E-state index in [-0.39, 0.29) is 12.5 Å². The summed E-state index contributed by atoms with van der Waals surface area (Å²) in [5.74, 6) is -1.94. The minimum Gasteiger partial charge on any atom is -0.481 e. The summed E-state index contributed by atoms with van der Waals surface area (Å²) in [5, 5.41) is 8.54. The molecule has 0 aromatic rings. The molecule has 1 fully saturated rings. The Balaban J connectivity index is 2.95. The third-order valence-corrected chi connectivity index (χ3v) is 5.07. The van der Waals surface area contributed by atoms with Gasteiger partial charge in [-0.1, -0.05) is 0 Å². The van der Waals surface area contributed by atoms with Gasteiger partial charge in [-0.3, -0.25) is 9.59 Å². The Morgan fingerprint density at radius 1 is 1.39 bits per heavy atom. The van der Waals surface area contributed by atoms with Crippen molar-refractivity contribution in [3.05, 3.63) is 0 Å². The maximum atomic E-state index is 12.0. The number of amides is 1. The van der Waals surface area contributed by atoms with Gasteiger partial charge in [0.15, 0.2) is 0 Å². The predicted molar refractivity (Wildman–Crippen MR) is 64.5 cm³/mol. The molecule has 1 amide bonds. The van der Waals surface area contributed by atoms with Crippen molar-refractivity contribution in [3.8, 4) is 0 Å². The minimum absolute atomic E-state index is 0.192. The molecule has 18 heavy (non-hydrogen) atoms. The van der Waals surface area contributed by atoms with Gasteiger partial charge in [0.05, 0.1) is 12.2 Å². The first kappa shape index (κ1) is 14.9. The van der Waals surface area contributed by atoms with Crippen LogP contribution >= 0.6 is 0 Å². The van der Waals surface area contributed by atoms with E-state index in [9.17, 15) is 18.0 Å². The topological polar surface area (TPSA) is 95.0 Å².